The molecule has 0 atom stereocenters. The molecule has 1 saturated heterocycles. The first-order chi connectivity index (χ1) is 7.99. The first-order valence-electron chi connectivity index (χ1n) is 4.87. The second-order valence-corrected chi connectivity index (χ2v) is 4.76. The van der Waals surface area contributed by atoms with Crippen LogP contribution in [0.3, 0.4) is 0 Å². The molecule has 0 unspecified atom stereocenters. The van der Waals surface area contributed by atoms with Gasteiger partial charge in [-0.25, -0.2) is 9.97 Å². The summed E-state index contributed by atoms with van der Waals surface area (Å²) in [6, 6.07) is 1.50. The van der Waals surface area contributed by atoms with E-state index in [0.717, 1.165) is 0 Å². The van der Waals surface area contributed by atoms with Crippen LogP contribution in [0.4, 0.5) is 19.0 Å². The van der Waals surface area contributed by atoms with E-state index in [1.165, 1.54) is 24.9 Å². The van der Waals surface area contributed by atoms with Gasteiger partial charge >= 0.3 is 6.18 Å². The molecule has 1 aromatic rings. The summed E-state index contributed by atoms with van der Waals surface area (Å²) in [5.41, 5.74) is 0. The third-order valence-corrected chi connectivity index (χ3v) is 3.16. The Bertz CT molecular complexity index is 409. The number of aromatic nitrogens is 2. The molecule has 4 nitrogen and oxygen atoms in total. The first-order valence-corrected chi connectivity index (χ1v) is 5.75. The van der Waals surface area contributed by atoms with Crippen LogP contribution < -0.4 is 5.32 Å². The Morgan fingerprint density at radius 2 is 2.12 bits per heavy atom. The van der Waals surface area contributed by atoms with Gasteiger partial charge in [-0.1, -0.05) is 11.8 Å². The van der Waals surface area contributed by atoms with E-state index in [9.17, 15) is 13.2 Å². The largest absolute Gasteiger partial charge is 0.451 e. The molecule has 0 amide bonds. The smallest absolute Gasteiger partial charge is 0.379 e. The predicted octanol–water partition coefficient (Wildman–Crippen LogP) is 2.03. The number of anilines is 1. The van der Waals surface area contributed by atoms with Crippen molar-refractivity contribution in [1.29, 1.82) is 0 Å². The fourth-order valence-electron chi connectivity index (χ4n) is 1.19. The van der Waals surface area contributed by atoms with Crippen molar-refractivity contribution >= 4 is 17.6 Å². The normalized spacial score (nSPS) is 16.7. The molecule has 0 spiro atoms. The second kappa shape index (κ2) is 4.69. The molecule has 94 valence electrons. The molecular weight excluding hydrogens is 255 g/mol. The lowest BCUT2D eigenvalue weighted by atomic mass is 10.4. The van der Waals surface area contributed by atoms with Crippen LogP contribution in [-0.4, -0.2) is 35.5 Å². The van der Waals surface area contributed by atoms with Gasteiger partial charge in [0, 0.05) is 13.1 Å². The predicted molar refractivity (Wildman–Crippen MR) is 57.0 cm³/mol. The first kappa shape index (κ1) is 12.4. The van der Waals surface area contributed by atoms with Crippen molar-refractivity contribution in [2.45, 2.75) is 16.5 Å². The van der Waals surface area contributed by atoms with Crippen molar-refractivity contribution < 1.29 is 17.9 Å². The molecule has 8 heteroatoms. The van der Waals surface area contributed by atoms with Crippen molar-refractivity contribution in [3.05, 3.63) is 11.9 Å². The van der Waals surface area contributed by atoms with Gasteiger partial charge < -0.3 is 10.1 Å². The van der Waals surface area contributed by atoms with Crippen LogP contribution in [0.2, 0.25) is 0 Å². The van der Waals surface area contributed by atoms with Gasteiger partial charge in [-0.3, -0.25) is 0 Å². The highest BCUT2D eigenvalue weighted by Crippen LogP contribution is 2.32. The number of rotatable bonds is 3. The van der Waals surface area contributed by atoms with E-state index >= 15 is 0 Å². The van der Waals surface area contributed by atoms with Crippen LogP contribution in [0.1, 0.15) is 5.82 Å². The van der Waals surface area contributed by atoms with E-state index in [2.05, 4.69) is 15.3 Å². The van der Waals surface area contributed by atoms with Crippen molar-refractivity contribution in [2.24, 2.45) is 0 Å². The van der Waals surface area contributed by atoms with Gasteiger partial charge in [0.1, 0.15) is 10.8 Å². The van der Waals surface area contributed by atoms with Crippen LogP contribution in [0.25, 0.3) is 0 Å². The summed E-state index contributed by atoms with van der Waals surface area (Å²) in [5.74, 6) is -0.956. The van der Waals surface area contributed by atoms with E-state index in [1.54, 1.807) is 0 Å². The highest BCUT2D eigenvalue weighted by molar-refractivity contribution is 8.00. The van der Waals surface area contributed by atoms with Gasteiger partial charge in [-0.05, 0) is 0 Å². The van der Waals surface area contributed by atoms with Crippen LogP contribution in [0, 0.1) is 0 Å². The molecule has 0 aliphatic carbocycles. The molecule has 0 radical (unpaired) electrons. The maximum absolute atomic E-state index is 12.5. The van der Waals surface area contributed by atoms with Crippen LogP contribution in [0.5, 0.6) is 0 Å². The van der Waals surface area contributed by atoms with E-state index in [0.29, 0.717) is 18.2 Å². The average molecular weight is 265 g/mol. The maximum Gasteiger partial charge on any atom is 0.451 e. The Morgan fingerprint density at radius 1 is 1.41 bits per heavy atom. The summed E-state index contributed by atoms with van der Waals surface area (Å²) in [7, 11) is 1.52. The Labute approximate surface area is 100.0 Å². The zero-order valence-corrected chi connectivity index (χ0v) is 9.73. The zero-order chi connectivity index (χ0) is 12.5. The Morgan fingerprint density at radius 3 is 2.59 bits per heavy atom. The third-order valence-electron chi connectivity index (χ3n) is 2.11. The minimum Gasteiger partial charge on any atom is -0.379 e. The number of hydrogen-bond donors (Lipinski definition) is 1. The molecule has 1 fully saturated rings. The third kappa shape index (κ3) is 3.01. The van der Waals surface area contributed by atoms with E-state index in [-0.39, 0.29) is 11.1 Å². The molecule has 0 bridgehead atoms. The molecular formula is C9H10F3N3OS. The fourth-order valence-corrected chi connectivity index (χ4v) is 2.18. The molecule has 2 rings (SSSR count). The lowest BCUT2D eigenvalue weighted by molar-refractivity contribution is -0.145. The molecule has 17 heavy (non-hydrogen) atoms. The molecule has 0 saturated carbocycles. The Balaban J connectivity index is 2.24. The van der Waals surface area contributed by atoms with Gasteiger partial charge in [0.15, 0.2) is 0 Å². The lowest BCUT2D eigenvalue weighted by Gasteiger charge is -2.24. The molecule has 2 heterocycles. The fraction of sp³-hybridized carbons (Fsp3) is 0.556. The molecule has 0 aromatic carbocycles. The quantitative estimate of drug-likeness (QED) is 0.847. The molecule has 1 aliphatic heterocycles. The number of nitrogens with one attached hydrogen (secondary N) is 1. The van der Waals surface area contributed by atoms with Gasteiger partial charge in [-0.2, -0.15) is 13.2 Å². The lowest BCUT2D eigenvalue weighted by Crippen LogP contribution is -2.30. The van der Waals surface area contributed by atoms with E-state index in [4.69, 9.17) is 4.74 Å². The monoisotopic (exact) mass is 265 g/mol. The van der Waals surface area contributed by atoms with Gasteiger partial charge in [-0.15, -0.1) is 0 Å². The summed E-state index contributed by atoms with van der Waals surface area (Å²) >= 11 is 1.27. The SMILES string of the molecule is CNc1cc(SC2COC2)nc(C(F)(F)F)n1. The van der Waals surface area contributed by atoms with Crippen molar-refractivity contribution in [2.75, 3.05) is 25.6 Å². The minimum absolute atomic E-state index is 0.162. The van der Waals surface area contributed by atoms with Crippen LogP contribution >= 0.6 is 11.8 Å². The highest BCUT2D eigenvalue weighted by Gasteiger charge is 2.35. The van der Waals surface area contributed by atoms with Crippen molar-refractivity contribution in [1.82, 2.24) is 9.97 Å². The second-order valence-electron chi connectivity index (χ2n) is 3.44. The summed E-state index contributed by atoms with van der Waals surface area (Å²) in [5, 5.41) is 3.08. The number of hydrogen-bond acceptors (Lipinski definition) is 5. The maximum atomic E-state index is 12.5. The van der Waals surface area contributed by atoms with Crippen LogP contribution in [-0.2, 0) is 10.9 Å². The minimum atomic E-state index is -4.53. The number of nitrogens with zero attached hydrogens (tertiary/aromatic N) is 2. The number of thioether (sulfide) groups is 1. The summed E-state index contributed by atoms with van der Waals surface area (Å²) < 4.78 is 42.6. The zero-order valence-electron chi connectivity index (χ0n) is 8.91. The molecule has 1 aromatic heterocycles. The highest BCUT2D eigenvalue weighted by atomic mass is 32.2. The summed E-state index contributed by atoms with van der Waals surface area (Å²) in [6.45, 7) is 1.09. The van der Waals surface area contributed by atoms with Crippen molar-refractivity contribution in [3.63, 3.8) is 0 Å². The Kier molecular flexibility index (Phi) is 3.43. The van der Waals surface area contributed by atoms with Crippen LogP contribution in [0.15, 0.2) is 11.1 Å². The number of halogens is 3. The van der Waals surface area contributed by atoms with Gasteiger partial charge in [0.05, 0.1) is 18.5 Å². The van der Waals surface area contributed by atoms with Crippen molar-refractivity contribution in [3.8, 4) is 0 Å². The molecule has 1 N–H and O–H groups in total. The standard InChI is InChI=1S/C9H10F3N3OS/c1-13-6-2-7(17-5-3-16-4-5)15-8(14-6)9(10,11)12/h2,5H,3-4H2,1H3,(H,13,14,15). The summed E-state index contributed by atoms with van der Waals surface area (Å²) in [4.78, 5) is 6.89. The summed E-state index contributed by atoms with van der Waals surface area (Å²) in [6.07, 6.45) is -4.53. The molecule has 1 aliphatic rings. The van der Waals surface area contributed by atoms with E-state index < -0.39 is 12.0 Å². The van der Waals surface area contributed by atoms with E-state index in [1.807, 2.05) is 0 Å². The topological polar surface area (TPSA) is 47.0 Å². The van der Waals surface area contributed by atoms with Gasteiger partial charge in [0.2, 0.25) is 5.82 Å². The Hall–Kier alpha value is -1.02. The average Bonchev–Trinajstić information content (AvgIpc) is 2.22. The number of alkyl halides is 3. The van der Waals surface area contributed by atoms with Gasteiger partial charge in [0.25, 0.3) is 0 Å². The number of ether oxygens (including phenoxy) is 1.